The van der Waals surface area contributed by atoms with Crippen LogP contribution < -0.4 is 10.1 Å². The highest BCUT2D eigenvalue weighted by molar-refractivity contribution is 7.09. The summed E-state index contributed by atoms with van der Waals surface area (Å²) in [5.74, 6) is 1.36. The summed E-state index contributed by atoms with van der Waals surface area (Å²) in [6.45, 7) is 2.61. The summed E-state index contributed by atoms with van der Waals surface area (Å²) in [5, 5.41) is 17.8. The van der Waals surface area contributed by atoms with Gasteiger partial charge in [-0.3, -0.25) is 0 Å². The average molecular weight is 328 g/mol. The SMILES string of the molecule is c1cc(-n2cnnn2)ccc1OCc1csc(C2CCNC2)n1. The molecule has 1 atom stereocenters. The standard InChI is InChI=1S/C15H16N6OS/c1-3-14(4-2-13(1)21-10-17-19-20-21)22-8-12-9-23-15(18-12)11-5-6-16-7-11/h1-4,9-11,16H,5-8H2. The number of ether oxygens (including phenoxy) is 1. The van der Waals surface area contributed by atoms with Crippen LogP contribution in [0.2, 0.25) is 0 Å². The number of thiazole rings is 1. The molecule has 1 unspecified atom stereocenters. The van der Waals surface area contributed by atoms with Crippen molar-refractivity contribution in [1.29, 1.82) is 0 Å². The molecule has 1 aromatic carbocycles. The normalized spacial score (nSPS) is 17.5. The van der Waals surface area contributed by atoms with Crippen LogP contribution in [0.5, 0.6) is 5.75 Å². The maximum Gasteiger partial charge on any atom is 0.143 e. The van der Waals surface area contributed by atoms with Gasteiger partial charge in [0, 0.05) is 17.8 Å². The summed E-state index contributed by atoms with van der Waals surface area (Å²) in [5.41, 5.74) is 1.88. The fourth-order valence-corrected chi connectivity index (χ4v) is 3.51. The van der Waals surface area contributed by atoms with Crippen LogP contribution in [0.15, 0.2) is 36.0 Å². The molecule has 0 saturated carbocycles. The maximum absolute atomic E-state index is 5.81. The molecular formula is C15H16N6OS. The molecule has 118 valence electrons. The smallest absolute Gasteiger partial charge is 0.143 e. The largest absolute Gasteiger partial charge is 0.487 e. The Kier molecular flexibility index (Phi) is 3.99. The number of hydrogen-bond acceptors (Lipinski definition) is 7. The third kappa shape index (κ3) is 3.22. The molecule has 23 heavy (non-hydrogen) atoms. The van der Waals surface area contributed by atoms with Gasteiger partial charge >= 0.3 is 0 Å². The van der Waals surface area contributed by atoms with Crippen molar-refractivity contribution in [3.63, 3.8) is 0 Å². The zero-order valence-electron chi connectivity index (χ0n) is 12.4. The van der Waals surface area contributed by atoms with Crippen molar-refractivity contribution in [2.24, 2.45) is 0 Å². The van der Waals surface area contributed by atoms with E-state index in [0.29, 0.717) is 12.5 Å². The summed E-state index contributed by atoms with van der Waals surface area (Å²) >= 11 is 1.73. The fraction of sp³-hybridized carbons (Fsp3) is 0.333. The lowest BCUT2D eigenvalue weighted by molar-refractivity contribution is 0.301. The summed E-state index contributed by atoms with van der Waals surface area (Å²) in [6.07, 6.45) is 2.73. The Balaban J connectivity index is 1.37. The van der Waals surface area contributed by atoms with Gasteiger partial charge in [-0.15, -0.1) is 16.4 Å². The van der Waals surface area contributed by atoms with E-state index in [1.54, 1.807) is 22.3 Å². The topological polar surface area (TPSA) is 77.8 Å². The van der Waals surface area contributed by atoms with Gasteiger partial charge in [0.05, 0.1) is 16.4 Å². The maximum atomic E-state index is 5.81. The number of nitrogens with one attached hydrogen (secondary N) is 1. The van der Waals surface area contributed by atoms with Gasteiger partial charge < -0.3 is 10.1 Å². The van der Waals surface area contributed by atoms with E-state index in [0.717, 1.165) is 30.2 Å². The monoisotopic (exact) mass is 328 g/mol. The van der Waals surface area contributed by atoms with Gasteiger partial charge in [0.15, 0.2) is 0 Å². The molecule has 0 amide bonds. The quantitative estimate of drug-likeness (QED) is 0.769. The first kappa shape index (κ1) is 14.3. The van der Waals surface area contributed by atoms with Crippen molar-refractivity contribution in [1.82, 2.24) is 30.5 Å². The second-order valence-electron chi connectivity index (χ2n) is 5.40. The van der Waals surface area contributed by atoms with E-state index in [2.05, 4.69) is 31.2 Å². The second kappa shape index (κ2) is 6.43. The second-order valence-corrected chi connectivity index (χ2v) is 6.29. The number of nitrogens with zero attached hydrogens (tertiary/aromatic N) is 5. The van der Waals surface area contributed by atoms with Crippen LogP contribution in [0.25, 0.3) is 5.69 Å². The molecule has 2 aromatic heterocycles. The van der Waals surface area contributed by atoms with Crippen LogP contribution in [-0.4, -0.2) is 38.3 Å². The van der Waals surface area contributed by atoms with Gasteiger partial charge in [-0.25, -0.2) is 9.67 Å². The minimum absolute atomic E-state index is 0.487. The molecule has 1 aliphatic heterocycles. The van der Waals surface area contributed by atoms with E-state index in [1.165, 1.54) is 11.4 Å². The Morgan fingerprint density at radius 3 is 2.96 bits per heavy atom. The molecule has 3 heterocycles. The third-order valence-electron chi connectivity index (χ3n) is 3.82. The molecule has 7 nitrogen and oxygen atoms in total. The lowest BCUT2D eigenvalue weighted by atomic mass is 10.1. The first-order valence-electron chi connectivity index (χ1n) is 7.50. The molecule has 1 N–H and O–H groups in total. The molecule has 0 aliphatic carbocycles. The fourth-order valence-electron chi connectivity index (χ4n) is 2.57. The zero-order valence-corrected chi connectivity index (χ0v) is 13.2. The Hall–Kier alpha value is -2.32. The van der Waals surface area contributed by atoms with Gasteiger partial charge in [0.25, 0.3) is 0 Å². The van der Waals surface area contributed by atoms with Crippen molar-refractivity contribution in [3.05, 3.63) is 46.7 Å². The number of rotatable bonds is 5. The zero-order chi connectivity index (χ0) is 15.5. The molecule has 1 fully saturated rings. The average Bonchev–Trinajstić information content (AvgIpc) is 3.35. The van der Waals surface area contributed by atoms with Crippen molar-refractivity contribution in [2.75, 3.05) is 13.1 Å². The number of tetrazole rings is 1. The molecule has 0 radical (unpaired) electrons. The molecule has 0 spiro atoms. The van der Waals surface area contributed by atoms with Crippen LogP contribution in [-0.2, 0) is 6.61 Å². The molecule has 1 aliphatic rings. The highest BCUT2D eigenvalue weighted by Gasteiger charge is 2.19. The first-order valence-corrected chi connectivity index (χ1v) is 8.38. The third-order valence-corrected chi connectivity index (χ3v) is 4.87. The minimum Gasteiger partial charge on any atom is -0.487 e. The molecule has 4 rings (SSSR count). The Bertz CT molecular complexity index is 749. The first-order chi connectivity index (χ1) is 11.4. The molecule has 3 aromatic rings. The minimum atomic E-state index is 0.487. The van der Waals surface area contributed by atoms with Gasteiger partial charge in [0.1, 0.15) is 18.7 Å². The van der Waals surface area contributed by atoms with Crippen LogP contribution in [0.1, 0.15) is 23.0 Å². The van der Waals surface area contributed by atoms with Crippen molar-refractivity contribution in [2.45, 2.75) is 18.9 Å². The van der Waals surface area contributed by atoms with E-state index in [1.807, 2.05) is 24.3 Å². The van der Waals surface area contributed by atoms with Gasteiger partial charge in [0.2, 0.25) is 0 Å². The van der Waals surface area contributed by atoms with E-state index in [-0.39, 0.29) is 0 Å². The van der Waals surface area contributed by atoms with E-state index in [4.69, 9.17) is 4.74 Å². The highest BCUT2D eigenvalue weighted by atomic mass is 32.1. The summed E-state index contributed by atoms with van der Waals surface area (Å²) in [4.78, 5) is 4.69. The predicted octanol–water partition coefficient (Wildman–Crippen LogP) is 1.77. The molecule has 8 heteroatoms. The molecule has 0 bridgehead atoms. The Morgan fingerprint density at radius 1 is 1.30 bits per heavy atom. The van der Waals surface area contributed by atoms with Gasteiger partial charge in [-0.1, -0.05) is 0 Å². The molecule has 1 saturated heterocycles. The van der Waals surface area contributed by atoms with Gasteiger partial charge in [-0.2, -0.15) is 0 Å². The van der Waals surface area contributed by atoms with Crippen molar-refractivity contribution >= 4 is 11.3 Å². The highest BCUT2D eigenvalue weighted by Crippen LogP contribution is 2.26. The summed E-state index contributed by atoms with van der Waals surface area (Å²) in [6, 6.07) is 7.65. The lowest BCUT2D eigenvalue weighted by Gasteiger charge is -2.06. The number of hydrogen-bond donors (Lipinski definition) is 1. The molecular weight excluding hydrogens is 312 g/mol. The van der Waals surface area contributed by atoms with E-state index in [9.17, 15) is 0 Å². The van der Waals surface area contributed by atoms with Crippen LogP contribution in [0, 0.1) is 0 Å². The summed E-state index contributed by atoms with van der Waals surface area (Å²) < 4.78 is 7.41. The van der Waals surface area contributed by atoms with Crippen LogP contribution in [0.3, 0.4) is 0 Å². The lowest BCUT2D eigenvalue weighted by Crippen LogP contribution is -2.08. The number of benzene rings is 1. The van der Waals surface area contributed by atoms with Crippen LogP contribution in [0.4, 0.5) is 0 Å². The van der Waals surface area contributed by atoms with Crippen LogP contribution >= 0.6 is 11.3 Å². The Morgan fingerprint density at radius 2 is 2.22 bits per heavy atom. The van der Waals surface area contributed by atoms with Crippen molar-refractivity contribution < 1.29 is 4.74 Å². The summed E-state index contributed by atoms with van der Waals surface area (Å²) in [7, 11) is 0. The predicted molar refractivity (Wildman–Crippen MR) is 85.8 cm³/mol. The number of aromatic nitrogens is 5. The van der Waals surface area contributed by atoms with E-state index >= 15 is 0 Å². The van der Waals surface area contributed by atoms with E-state index < -0.39 is 0 Å². The van der Waals surface area contributed by atoms with Gasteiger partial charge in [-0.05, 0) is 47.7 Å². The van der Waals surface area contributed by atoms with Crippen molar-refractivity contribution in [3.8, 4) is 11.4 Å². The Labute approximate surface area is 137 Å².